The fraction of sp³-hybridized carbons (Fsp3) is 0.133. The highest BCUT2D eigenvalue weighted by molar-refractivity contribution is 7.86. The van der Waals surface area contributed by atoms with Crippen molar-refractivity contribution in [2.75, 3.05) is 5.32 Å². The number of aromatic nitrogens is 2. The van der Waals surface area contributed by atoms with Crippen LogP contribution < -0.4 is 5.32 Å². The molecule has 0 radical (unpaired) electrons. The first-order chi connectivity index (χ1) is 13.7. The number of hydrogen-bond donors (Lipinski definition) is 1. The van der Waals surface area contributed by atoms with Gasteiger partial charge in [0, 0.05) is 0 Å². The molecule has 1 unspecified atom stereocenters. The van der Waals surface area contributed by atoms with E-state index >= 15 is 0 Å². The van der Waals surface area contributed by atoms with Crippen LogP contribution in [0.5, 0.6) is 0 Å². The molecule has 0 aliphatic rings. The minimum Gasteiger partial charge on any atom is -0.306 e. The molecule has 6 nitrogen and oxygen atoms in total. The molecule has 0 saturated carbocycles. The second kappa shape index (κ2) is 8.29. The zero-order valence-corrected chi connectivity index (χ0v) is 16.4. The van der Waals surface area contributed by atoms with Gasteiger partial charge in [-0.05, 0) is 18.2 Å². The van der Waals surface area contributed by atoms with Gasteiger partial charge in [-0.15, -0.1) is 0 Å². The van der Waals surface area contributed by atoms with Crippen LogP contribution in [0.3, 0.4) is 0 Å². The number of carbonyl (C=O) groups excluding carboxylic acids is 1. The molecular formula is C15H6Cl2F6N4O2S. The lowest BCUT2D eigenvalue weighted by Gasteiger charge is -2.15. The predicted molar refractivity (Wildman–Crippen MR) is 94.6 cm³/mol. The quantitative estimate of drug-likeness (QED) is 0.491. The summed E-state index contributed by atoms with van der Waals surface area (Å²) in [6.07, 6.45) is -4.21. The van der Waals surface area contributed by atoms with E-state index in [9.17, 15) is 35.3 Å². The predicted octanol–water partition coefficient (Wildman–Crippen LogP) is 4.82. The van der Waals surface area contributed by atoms with E-state index in [2.05, 4.69) is 11.7 Å². The van der Waals surface area contributed by atoms with E-state index in [0.29, 0.717) is 22.9 Å². The Bertz CT molecular complexity index is 1080. The zero-order chi connectivity index (χ0) is 23.0. The molecular weight excluding hydrogens is 485 g/mol. The van der Waals surface area contributed by atoms with Crippen LogP contribution in [0.4, 0.5) is 32.2 Å². The number of rotatable bonds is 4. The number of nitriles is 1. The van der Waals surface area contributed by atoms with E-state index in [1.807, 2.05) is 5.32 Å². The lowest BCUT2D eigenvalue weighted by Crippen LogP contribution is -2.20. The van der Waals surface area contributed by atoms with E-state index in [1.54, 1.807) is 0 Å². The van der Waals surface area contributed by atoms with Crippen molar-refractivity contribution in [3.8, 4) is 11.8 Å². The van der Waals surface area contributed by atoms with Gasteiger partial charge < -0.3 is 5.32 Å². The molecule has 1 amide bonds. The lowest BCUT2D eigenvalue weighted by atomic mass is 10.2. The average molecular weight is 491 g/mol. The third-order valence-electron chi connectivity index (χ3n) is 3.33. The van der Waals surface area contributed by atoms with Gasteiger partial charge >= 0.3 is 11.7 Å². The highest BCUT2D eigenvalue weighted by Crippen LogP contribution is 2.41. The molecule has 1 atom stereocenters. The molecule has 0 bridgehead atoms. The van der Waals surface area contributed by atoms with Crippen LogP contribution in [-0.4, -0.2) is 25.4 Å². The summed E-state index contributed by atoms with van der Waals surface area (Å²) in [5.74, 6) is -2.03. The summed E-state index contributed by atoms with van der Waals surface area (Å²) in [5, 5.41) is 13.1. The first-order valence-corrected chi connectivity index (χ1v) is 9.14. The summed E-state index contributed by atoms with van der Waals surface area (Å²) >= 11 is 11.7. The standard InChI is InChI=1S/C15H6Cl2F6N4O2S/c1-2-10(28)25-13-12(30(29)15(21,22)23)9(5-24)26-27(13)11-7(16)3-6(4-8(11)17)14(18,19)20/h2-4H,1H2,(H,25,28). The van der Waals surface area contributed by atoms with Crippen LogP contribution in [0.25, 0.3) is 5.69 Å². The summed E-state index contributed by atoms with van der Waals surface area (Å²) in [4.78, 5) is 10.5. The maximum absolute atomic E-state index is 13.0. The van der Waals surface area contributed by atoms with E-state index in [-0.39, 0.29) is 0 Å². The Kier molecular flexibility index (Phi) is 6.55. The number of anilines is 1. The summed E-state index contributed by atoms with van der Waals surface area (Å²) in [5.41, 5.74) is -8.25. The molecule has 0 aliphatic heterocycles. The zero-order valence-electron chi connectivity index (χ0n) is 14.0. The Balaban J connectivity index is 2.89. The molecule has 0 fully saturated rings. The van der Waals surface area contributed by atoms with Crippen molar-refractivity contribution in [3.05, 3.63) is 46.1 Å². The second-order valence-electron chi connectivity index (χ2n) is 5.24. The normalized spacial score (nSPS) is 12.9. The number of carbonyl (C=O) groups is 1. The number of benzene rings is 1. The first kappa shape index (κ1) is 23.7. The first-order valence-electron chi connectivity index (χ1n) is 7.24. The van der Waals surface area contributed by atoms with Crippen molar-refractivity contribution in [1.82, 2.24) is 9.78 Å². The molecule has 1 N–H and O–H groups in total. The van der Waals surface area contributed by atoms with Gasteiger partial charge in [-0.25, -0.2) is 8.89 Å². The Morgan fingerprint density at radius 2 is 1.77 bits per heavy atom. The van der Waals surface area contributed by atoms with Crippen LogP contribution in [0, 0.1) is 11.3 Å². The van der Waals surface area contributed by atoms with Gasteiger partial charge in [0.05, 0.1) is 15.6 Å². The average Bonchev–Trinajstić information content (AvgIpc) is 2.96. The second-order valence-corrected chi connectivity index (χ2v) is 7.47. The Hall–Kier alpha value is -2.56. The number of nitrogens with zero attached hydrogens (tertiary/aromatic N) is 3. The number of halogens is 8. The molecule has 0 spiro atoms. The summed E-state index contributed by atoms with van der Waals surface area (Å²) in [6.45, 7) is 3.10. The molecule has 30 heavy (non-hydrogen) atoms. The van der Waals surface area contributed by atoms with Gasteiger partial charge in [-0.3, -0.25) is 4.79 Å². The highest BCUT2D eigenvalue weighted by Gasteiger charge is 2.43. The van der Waals surface area contributed by atoms with Gasteiger partial charge in [0.2, 0.25) is 5.91 Å². The Labute approximate surface area is 176 Å². The van der Waals surface area contributed by atoms with E-state index in [0.717, 1.165) is 0 Å². The van der Waals surface area contributed by atoms with Crippen LogP contribution in [0.2, 0.25) is 10.0 Å². The van der Waals surface area contributed by atoms with Gasteiger partial charge in [-0.1, -0.05) is 29.8 Å². The minimum absolute atomic E-state index is 0.393. The largest absolute Gasteiger partial charge is 0.476 e. The molecule has 0 saturated heterocycles. The van der Waals surface area contributed by atoms with E-state index in [1.165, 1.54) is 6.07 Å². The van der Waals surface area contributed by atoms with Crippen LogP contribution in [-0.2, 0) is 21.8 Å². The fourth-order valence-corrected chi connectivity index (χ4v) is 3.59. The Morgan fingerprint density at radius 1 is 1.23 bits per heavy atom. The third kappa shape index (κ3) is 4.61. The monoisotopic (exact) mass is 490 g/mol. The maximum Gasteiger partial charge on any atom is 0.476 e. The molecule has 160 valence electrons. The smallest absolute Gasteiger partial charge is 0.306 e. The van der Waals surface area contributed by atoms with E-state index in [4.69, 9.17) is 28.5 Å². The minimum atomic E-state index is -5.36. The van der Waals surface area contributed by atoms with Gasteiger partial charge in [-0.2, -0.15) is 36.7 Å². The Morgan fingerprint density at radius 3 is 2.17 bits per heavy atom. The molecule has 1 aromatic heterocycles. The number of alkyl halides is 6. The summed E-state index contributed by atoms with van der Waals surface area (Å²) in [6, 6.07) is 2.10. The molecule has 2 rings (SSSR count). The van der Waals surface area contributed by atoms with Gasteiger partial charge in [0.25, 0.3) is 0 Å². The lowest BCUT2D eigenvalue weighted by molar-refractivity contribution is -0.137. The molecule has 2 aromatic rings. The molecule has 0 aliphatic carbocycles. The van der Waals surface area contributed by atoms with E-state index < -0.39 is 66.1 Å². The SMILES string of the molecule is C=CC(=O)Nc1c(S(=O)C(F)(F)F)c(C#N)nn1-c1c(Cl)cc(C(F)(F)F)cc1Cl. The maximum atomic E-state index is 13.0. The van der Waals surface area contributed by atoms with Crippen LogP contribution in [0.15, 0.2) is 29.7 Å². The van der Waals surface area contributed by atoms with Crippen molar-refractivity contribution < 1.29 is 35.3 Å². The van der Waals surface area contributed by atoms with Gasteiger partial charge in [0.1, 0.15) is 16.7 Å². The number of amides is 1. The van der Waals surface area contributed by atoms with Crippen molar-refractivity contribution in [2.24, 2.45) is 0 Å². The summed E-state index contributed by atoms with van der Waals surface area (Å²) < 4.78 is 90.2. The molecule has 15 heteroatoms. The summed E-state index contributed by atoms with van der Waals surface area (Å²) in [7, 11) is -3.85. The topological polar surface area (TPSA) is 87.8 Å². The molecule has 1 aromatic carbocycles. The molecule has 1 heterocycles. The van der Waals surface area contributed by atoms with Gasteiger partial charge in [0.15, 0.2) is 22.3 Å². The highest BCUT2D eigenvalue weighted by atomic mass is 35.5. The third-order valence-corrected chi connectivity index (χ3v) is 5.08. The fourth-order valence-electron chi connectivity index (χ4n) is 2.14. The number of hydrogen-bond acceptors (Lipinski definition) is 4. The van der Waals surface area contributed by atoms with Crippen molar-refractivity contribution >= 4 is 45.7 Å². The van der Waals surface area contributed by atoms with Crippen molar-refractivity contribution in [2.45, 2.75) is 16.6 Å². The van der Waals surface area contributed by atoms with Crippen molar-refractivity contribution in [1.29, 1.82) is 5.26 Å². The van der Waals surface area contributed by atoms with Crippen LogP contribution >= 0.6 is 23.2 Å². The van der Waals surface area contributed by atoms with Crippen LogP contribution in [0.1, 0.15) is 11.3 Å². The number of nitrogens with one attached hydrogen (secondary N) is 1. The van der Waals surface area contributed by atoms with Crippen molar-refractivity contribution in [3.63, 3.8) is 0 Å².